The Kier molecular flexibility index (Phi) is 5.62. The molecule has 0 spiro atoms. The van der Waals surface area contributed by atoms with E-state index in [0.29, 0.717) is 6.54 Å². The van der Waals surface area contributed by atoms with E-state index >= 15 is 0 Å². The second-order valence-electron chi connectivity index (χ2n) is 8.31. The van der Waals surface area contributed by atoms with Gasteiger partial charge in [-0.3, -0.25) is 19.2 Å². The molecule has 0 saturated carbocycles. The molecule has 2 aromatic heterocycles. The topological polar surface area (TPSA) is 83.0 Å². The molecule has 1 aliphatic carbocycles. The van der Waals surface area contributed by atoms with Gasteiger partial charge in [0.05, 0.1) is 12.6 Å². The van der Waals surface area contributed by atoms with E-state index in [1.165, 1.54) is 0 Å². The third-order valence-corrected chi connectivity index (χ3v) is 6.03. The van der Waals surface area contributed by atoms with Gasteiger partial charge in [-0.2, -0.15) is 5.10 Å². The van der Waals surface area contributed by atoms with Crippen molar-refractivity contribution in [3.05, 3.63) is 112 Å². The van der Waals surface area contributed by atoms with Crippen LogP contribution < -0.4 is 10.9 Å². The van der Waals surface area contributed by atoms with Gasteiger partial charge in [0.1, 0.15) is 5.56 Å². The summed E-state index contributed by atoms with van der Waals surface area (Å²) < 4.78 is 1.87. The number of carbonyl (C=O) groups excluding carboxylic acids is 1. The normalized spacial score (nSPS) is 12.5. The van der Waals surface area contributed by atoms with Crippen molar-refractivity contribution < 1.29 is 4.79 Å². The molecule has 0 unspecified atom stereocenters. The van der Waals surface area contributed by atoms with Crippen molar-refractivity contribution >= 4 is 5.91 Å². The van der Waals surface area contributed by atoms with E-state index in [1.807, 2.05) is 60.4 Å². The Balaban J connectivity index is 1.29. The first-order valence-electron chi connectivity index (χ1n) is 11.0. The van der Waals surface area contributed by atoms with Crippen LogP contribution in [0.5, 0.6) is 0 Å². The highest BCUT2D eigenvalue weighted by atomic mass is 16.2. The van der Waals surface area contributed by atoms with Gasteiger partial charge in [0.2, 0.25) is 0 Å². The molecule has 33 heavy (non-hydrogen) atoms. The maximum Gasteiger partial charge on any atom is 0.261 e. The minimum Gasteiger partial charge on any atom is -0.341 e. The predicted molar refractivity (Wildman–Crippen MR) is 127 cm³/mol. The van der Waals surface area contributed by atoms with Crippen LogP contribution >= 0.6 is 0 Å². The first kappa shape index (κ1) is 20.9. The van der Waals surface area contributed by atoms with Crippen molar-refractivity contribution in [3.8, 4) is 11.1 Å². The molecule has 166 valence electrons. The summed E-state index contributed by atoms with van der Waals surface area (Å²) in [6.07, 6.45) is 3.67. The Hall–Kier alpha value is -3.97. The van der Waals surface area contributed by atoms with Gasteiger partial charge in [-0.05, 0) is 47.5 Å². The van der Waals surface area contributed by atoms with Crippen LogP contribution in [0.15, 0.2) is 83.9 Å². The van der Waals surface area contributed by atoms with Gasteiger partial charge in [-0.1, -0.05) is 48.5 Å². The van der Waals surface area contributed by atoms with Crippen molar-refractivity contribution in [2.45, 2.75) is 19.1 Å². The minimum absolute atomic E-state index is 0.111. The van der Waals surface area contributed by atoms with Gasteiger partial charge in [-0.25, -0.2) is 0 Å². The molecule has 4 aromatic rings. The molecule has 0 fully saturated rings. The Bertz CT molecular complexity index is 1300. The summed E-state index contributed by atoms with van der Waals surface area (Å²) in [5, 5.41) is 7.26. The smallest absolute Gasteiger partial charge is 0.261 e. The maximum absolute atomic E-state index is 13.1. The lowest BCUT2D eigenvalue weighted by Gasteiger charge is -2.17. The number of H-pyrrole nitrogens is 1. The third kappa shape index (κ3) is 4.23. The molecule has 7 heteroatoms. The number of aromatic nitrogens is 3. The van der Waals surface area contributed by atoms with Gasteiger partial charge < -0.3 is 10.3 Å². The molecule has 0 aliphatic heterocycles. The number of carbonyl (C=O) groups is 1. The number of nitrogens with one attached hydrogen (secondary N) is 2. The highest BCUT2D eigenvalue weighted by Gasteiger charge is 2.29. The summed E-state index contributed by atoms with van der Waals surface area (Å²) >= 11 is 0. The maximum atomic E-state index is 13.1. The van der Waals surface area contributed by atoms with Crippen LogP contribution in [0.2, 0.25) is 0 Å². The van der Waals surface area contributed by atoms with E-state index in [-0.39, 0.29) is 23.1 Å². The summed E-state index contributed by atoms with van der Waals surface area (Å²) in [6, 6.07) is 21.1. The summed E-state index contributed by atoms with van der Waals surface area (Å²) in [5.74, 6) is -0.383. The van der Waals surface area contributed by atoms with E-state index in [2.05, 4.69) is 32.4 Å². The lowest BCUT2D eigenvalue weighted by molar-refractivity contribution is 0.0942. The van der Waals surface area contributed by atoms with Crippen LogP contribution in [0.3, 0.4) is 0 Å². The third-order valence-electron chi connectivity index (χ3n) is 6.03. The number of rotatable bonds is 7. The molecule has 5 rings (SSSR count). The van der Waals surface area contributed by atoms with E-state index in [0.717, 1.165) is 41.0 Å². The number of amides is 1. The summed E-state index contributed by atoms with van der Waals surface area (Å²) in [4.78, 5) is 30.7. The fourth-order valence-corrected chi connectivity index (χ4v) is 4.38. The van der Waals surface area contributed by atoms with Gasteiger partial charge in [0.25, 0.3) is 11.5 Å². The number of nitrogens with zero attached hydrogens (tertiary/aromatic N) is 3. The zero-order valence-corrected chi connectivity index (χ0v) is 18.4. The van der Waals surface area contributed by atoms with Crippen molar-refractivity contribution in [1.82, 2.24) is 25.0 Å². The first-order chi connectivity index (χ1) is 16.1. The number of likely N-dealkylation sites (N-methyl/N-ethyl adjacent to an activating group) is 1. The van der Waals surface area contributed by atoms with Crippen molar-refractivity contribution in [2.75, 3.05) is 13.6 Å². The summed E-state index contributed by atoms with van der Waals surface area (Å²) in [7, 11) is 1.98. The second kappa shape index (κ2) is 8.88. The Morgan fingerprint density at radius 2 is 1.73 bits per heavy atom. The standard InChI is InChI=1S/C26H25N5O2/c1-30(15-16-31-14-6-13-27-31)17-18-11-12-23(25(32)28-18)26(33)29-24-21-9-4-2-7-19(21)20-8-3-5-10-22(20)24/h2-14,24H,15-17H2,1H3,(H,28,32)(H,29,33). The Morgan fingerprint density at radius 3 is 2.36 bits per heavy atom. The van der Waals surface area contributed by atoms with Crippen LogP contribution in [0.25, 0.3) is 11.1 Å². The van der Waals surface area contributed by atoms with Gasteiger partial charge in [0, 0.05) is 31.2 Å². The molecular formula is C26H25N5O2. The largest absolute Gasteiger partial charge is 0.341 e. The fourth-order valence-electron chi connectivity index (χ4n) is 4.38. The molecule has 0 bridgehead atoms. The lowest BCUT2D eigenvalue weighted by Crippen LogP contribution is -2.33. The average molecular weight is 440 g/mol. The zero-order valence-electron chi connectivity index (χ0n) is 18.4. The van der Waals surface area contributed by atoms with Crippen LogP contribution in [-0.2, 0) is 13.1 Å². The van der Waals surface area contributed by atoms with Crippen LogP contribution in [0, 0.1) is 0 Å². The van der Waals surface area contributed by atoms with Crippen LogP contribution in [0.1, 0.15) is 33.2 Å². The van der Waals surface area contributed by atoms with Gasteiger partial charge in [0.15, 0.2) is 0 Å². The summed E-state index contributed by atoms with van der Waals surface area (Å²) in [5.41, 5.74) is 4.79. The molecule has 2 aromatic carbocycles. The van der Waals surface area contributed by atoms with E-state index in [1.54, 1.807) is 18.3 Å². The number of hydrogen-bond acceptors (Lipinski definition) is 4. The lowest BCUT2D eigenvalue weighted by atomic mass is 10.0. The molecule has 1 aliphatic rings. The van der Waals surface area contributed by atoms with Crippen LogP contribution in [-0.4, -0.2) is 39.2 Å². The molecule has 0 saturated heterocycles. The molecule has 0 atom stereocenters. The number of benzene rings is 2. The zero-order chi connectivity index (χ0) is 22.8. The van der Waals surface area contributed by atoms with Gasteiger partial charge >= 0.3 is 0 Å². The number of pyridine rings is 1. The second-order valence-corrected chi connectivity index (χ2v) is 8.31. The predicted octanol–water partition coefficient (Wildman–Crippen LogP) is 3.20. The van der Waals surface area contributed by atoms with E-state index < -0.39 is 0 Å². The number of aromatic amines is 1. The van der Waals surface area contributed by atoms with Crippen LogP contribution in [0.4, 0.5) is 0 Å². The number of hydrogen-bond donors (Lipinski definition) is 2. The highest BCUT2D eigenvalue weighted by Crippen LogP contribution is 2.43. The van der Waals surface area contributed by atoms with Gasteiger partial charge in [-0.15, -0.1) is 0 Å². The molecule has 0 radical (unpaired) electrons. The van der Waals surface area contributed by atoms with Crippen molar-refractivity contribution in [3.63, 3.8) is 0 Å². The summed E-state index contributed by atoms with van der Waals surface area (Å²) in [6.45, 7) is 2.12. The van der Waals surface area contributed by atoms with E-state index in [9.17, 15) is 9.59 Å². The first-order valence-corrected chi connectivity index (χ1v) is 11.0. The van der Waals surface area contributed by atoms with Crippen molar-refractivity contribution in [2.24, 2.45) is 0 Å². The fraction of sp³-hybridized carbons (Fsp3) is 0.192. The highest BCUT2D eigenvalue weighted by molar-refractivity contribution is 5.95. The quantitative estimate of drug-likeness (QED) is 0.463. The number of fused-ring (bicyclic) bond motifs is 3. The SMILES string of the molecule is CN(CCn1cccn1)Cc1ccc(C(=O)NC2c3ccccc3-c3ccccc32)c(=O)[nH]1. The Labute approximate surface area is 191 Å². The minimum atomic E-state index is -0.384. The van der Waals surface area contributed by atoms with Crippen molar-refractivity contribution in [1.29, 1.82) is 0 Å². The average Bonchev–Trinajstić information content (AvgIpc) is 3.45. The molecule has 2 N–H and O–H groups in total. The Morgan fingerprint density at radius 1 is 1.03 bits per heavy atom. The molecule has 7 nitrogen and oxygen atoms in total. The molecule has 1 amide bonds. The molecule has 2 heterocycles. The molecular weight excluding hydrogens is 414 g/mol. The van der Waals surface area contributed by atoms with E-state index in [4.69, 9.17) is 0 Å². The monoisotopic (exact) mass is 439 g/mol.